The molecule has 6 heteroatoms. The molecule has 0 bridgehead atoms. The van der Waals surface area contributed by atoms with E-state index in [1.165, 1.54) is 31.4 Å². The first kappa shape index (κ1) is 17.2. The van der Waals surface area contributed by atoms with Crippen LogP contribution in [0.5, 0.6) is 11.5 Å². The number of methoxy groups -OCH3 is 1. The fraction of sp³-hybridized carbons (Fsp3) is 0.111. The predicted octanol–water partition coefficient (Wildman–Crippen LogP) is 4.06. The molecule has 0 aliphatic rings. The molecular formula is C18H13F2NO3. The van der Waals surface area contributed by atoms with E-state index >= 15 is 0 Å². The highest BCUT2D eigenvalue weighted by atomic mass is 19.3. The lowest BCUT2D eigenvalue weighted by Crippen LogP contribution is -2.03. The van der Waals surface area contributed by atoms with Crippen molar-refractivity contribution in [2.75, 3.05) is 7.11 Å². The van der Waals surface area contributed by atoms with Crippen molar-refractivity contribution >= 4 is 11.9 Å². The number of hydrogen-bond donors (Lipinski definition) is 0. The lowest BCUT2D eigenvalue weighted by molar-refractivity contribution is -0.0512. The Kier molecular flexibility index (Phi) is 5.63. The number of nitrogens with zero attached hydrogens (tertiary/aromatic N) is 1. The largest absolute Gasteiger partial charge is 0.493 e. The van der Waals surface area contributed by atoms with Gasteiger partial charge in [-0.05, 0) is 48.0 Å². The Labute approximate surface area is 137 Å². The van der Waals surface area contributed by atoms with Crippen molar-refractivity contribution in [3.63, 3.8) is 0 Å². The van der Waals surface area contributed by atoms with Gasteiger partial charge in [-0.1, -0.05) is 12.1 Å². The van der Waals surface area contributed by atoms with Crippen molar-refractivity contribution in [1.29, 1.82) is 5.26 Å². The van der Waals surface area contributed by atoms with Crippen LogP contribution in [-0.2, 0) is 0 Å². The van der Waals surface area contributed by atoms with Gasteiger partial charge in [0.1, 0.15) is 0 Å². The third-order valence-corrected chi connectivity index (χ3v) is 3.13. The Balaban J connectivity index is 2.18. The van der Waals surface area contributed by atoms with Crippen LogP contribution in [0.4, 0.5) is 8.78 Å². The predicted molar refractivity (Wildman–Crippen MR) is 84.1 cm³/mol. The van der Waals surface area contributed by atoms with Gasteiger partial charge in [0.2, 0.25) is 0 Å². The van der Waals surface area contributed by atoms with Gasteiger partial charge in [-0.2, -0.15) is 14.0 Å². The zero-order valence-corrected chi connectivity index (χ0v) is 12.7. The molecule has 24 heavy (non-hydrogen) atoms. The lowest BCUT2D eigenvalue weighted by Gasteiger charge is -2.10. The van der Waals surface area contributed by atoms with Gasteiger partial charge in [0, 0.05) is 5.56 Å². The molecule has 0 aromatic heterocycles. The number of hydrogen-bond acceptors (Lipinski definition) is 4. The Morgan fingerprint density at radius 2 is 1.88 bits per heavy atom. The molecule has 0 fully saturated rings. The third kappa shape index (κ3) is 4.40. The lowest BCUT2D eigenvalue weighted by atomic mass is 10.1. The van der Waals surface area contributed by atoms with E-state index in [0.29, 0.717) is 16.7 Å². The van der Waals surface area contributed by atoms with E-state index in [1.54, 1.807) is 30.3 Å². The number of rotatable bonds is 6. The second-order valence-corrected chi connectivity index (χ2v) is 4.68. The number of carbonyl (C=O) groups is 1. The number of allylic oxidation sites excluding steroid dienone is 1. The highest BCUT2D eigenvalue weighted by Gasteiger charge is 2.10. The van der Waals surface area contributed by atoms with Crippen molar-refractivity contribution in [2.45, 2.75) is 6.61 Å². The fourth-order valence-electron chi connectivity index (χ4n) is 1.96. The molecule has 0 aliphatic carbocycles. The maximum atomic E-state index is 12.4. The first-order valence-electron chi connectivity index (χ1n) is 6.89. The Hall–Kier alpha value is -3.20. The van der Waals surface area contributed by atoms with Crippen LogP contribution >= 0.6 is 0 Å². The van der Waals surface area contributed by atoms with E-state index in [9.17, 15) is 13.6 Å². The van der Waals surface area contributed by atoms with Crippen LogP contribution in [0.15, 0.2) is 48.5 Å². The second kappa shape index (κ2) is 7.88. The van der Waals surface area contributed by atoms with E-state index in [2.05, 4.69) is 4.74 Å². The first-order chi connectivity index (χ1) is 11.5. The first-order valence-corrected chi connectivity index (χ1v) is 6.89. The summed E-state index contributed by atoms with van der Waals surface area (Å²) in [6.07, 6.45) is 2.80. The molecule has 0 spiro atoms. The summed E-state index contributed by atoms with van der Waals surface area (Å²) >= 11 is 0. The number of alkyl halides is 2. The van der Waals surface area contributed by atoms with Gasteiger partial charge in [-0.15, -0.1) is 0 Å². The molecule has 4 nitrogen and oxygen atoms in total. The van der Waals surface area contributed by atoms with Crippen LogP contribution in [0.2, 0.25) is 0 Å². The molecule has 2 aromatic rings. The molecule has 0 heterocycles. The summed E-state index contributed by atoms with van der Waals surface area (Å²) in [4.78, 5) is 12.1. The quantitative estimate of drug-likeness (QED) is 0.592. The number of benzene rings is 2. The monoisotopic (exact) mass is 329 g/mol. The van der Waals surface area contributed by atoms with E-state index in [1.807, 2.05) is 6.07 Å². The van der Waals surface area contributed by atoms with Crippen LogP contribution < -0.4 is 9.47 Å². The number of nitriles is 1. The highest BCUT2D eigenvalue weighted by Crippen LogP contribution is 2.29. The van der Waals surface area contributed by atoms with Gasteiger partial charge in [-0.3, -0.25) is 4.79 Å². The molecular weight excluding hydrogens is 316 g/mol. The van der Waals surface area contributed by atoms with Gasteiger partial charge in [0.05, 0.1) is 18.7 Å². The molecule has 0 saturated heterocycles. The highest BCUT2D eigenvalue weighted by molar-refractivity contribution is 6.06. The molecule has 122 valence electrons. The maximum absolute atomic E-state index is 12.4. The molecule has 0 radical (unpaired) electrons. The topological polar surface area (TPSA) is 59.3 Å². The number of carbonyl (C=O) groups excluding carboxylic acids is 1. The summed E-state index contributed by atoms with van der Waals surface area (Å²) in [6.45, 7) is -2.97. The third-order valence-electron chi connectivity index (χ3n) is 3.13. The number of ether oxygens (including phenoxy) is 2. The van der Waals surface area contributed by atoms with E-state index in [4.69, 9.17) is 10.00 Å². The fourth-order valence-corrected chi connectivity index (χ4v) is 1.96. The summed E-state index contributed by atoms with van der Waals surface area (Å²) < 4.78 is 34.1. The van der Waals surface area contributed by atoms with Crippen molar-refractivity contribution in [3.05, 3.63) is 65.2 Å². The number of ketones is 1. The average molecular weight is 329 g/mol. The molecule has 0 N–H and O–H groups in total. The van der Waals surface area contributed by atoms with Crippen LogP contribution in [-0.4, -0.2) is 19.5 Å². The zero-order chi connectivity index (χ0) is 17.5. The smallest absolute Gasteiger partial charge is 0.387 e. The SMILES string of the molecule is COc1ccc(/C=C/C(=O)c2ccc(C#N)cc2)cc1OC(F)F. The van der Waals surface area contributed by atoms with Crippen LogP contribution in [0.1, 0.15) is 21.5 Å². The van der Waals surface area contributed by atoms with Gasteiger partial charge >= 0.3 is 6.61 Å². The standard InChI is InChI=1S/C18H13F2NO3/c1-23-16-9-5-12(10-17(16)24-18(19)20)4-8-15(22)14-6-2-13(11-21)3-7-14/h2-10,18H,1H3/b8-4+. The molecule has 2 aromatic carbocycles. The molecule has 0 aliphatic heterocycles. The van der Waals surface area contributed by atoms with Crippen LogP contribution in [0, 0.1) is 11.3 Å². The number of halogens is 2. The van der Waals surface area contributed by atoms with Gasteiger partial charge in [0.25, 0.3) is 0 Å². The molecule has 2 rings (SSSR count). The van der Waals surface area contributed by atoms with Gasteiger partial charge in [-0.25, -0.2) is 0 Å². The minimum Gasteiger partial charge on any atom is -0.493 e. The summed E-state index contributed by atoms with van der Waals surface area (Å²) in [6, 6.07) is 12.6. The van der Waals surface area contributed by atoms with Crippen LogP contribution in [0.3, 0.4) is 0 Å². The summed E-state index contributed by atoms with van der Waals surface area (Å²) in [7, 11) is 1.34. The minimum atomic E-state index is -2.97. The summed E-state index contributed by atoms with van der Waals surface area (Å²) in [5, 5.41) is 8.73. The van der Waals surface area contributed by atoms with Crippen molar-refractivity contribution in [1.82, 2.24) is 0 Å². The maximum Gasteiger partial charge on any atom is 0.387 e. The zero-order valence-electron chi connectivity index (χ0n) is 12.7. The van der Waals surface area contributed by atoms with E-state index < -0.39 is 6.61 Å². The summed E-state index contributed by atoms with van der Waals surface area (Å²) in [5.41, 5.74) is 1.38. The Bertz CT molecular complexity index is 793. The van der Waals surface area contributed by atoms with Gasteiger partial charge in [0.15, 0.2) is 17.3 Å². The minimum absolute atomic E-state index is 0.111. The molecule has 0 saturated carbocycles. The Morgan fingerprint density at radius 1 is 1.17 bits per heavy atom. The van der Waals surface area contributed by atoms with Crippen LogP contribution in [0.25, 0.3) is 6.08 Å². The molecule has 0 unspecified atom stereocenters. The van der Waals surface area contributed by atoms with E-state index in [-0.39, 0.29) is 17.3 Å². The van der Waals surface area contributed by atoms with Crippen molar-refractivity contribution in [2.24, 2.45) is 0 Å². The molecule has 0 amide bonds. The van der Waals surface area contributed by atoms with Crippen molar-refractivity contribution < 1.29 is 23.0 Å². The second-order valence-electron chi connectivity index (χ2n) is 4.68. The average Bonchev–Trinajstić information content (AvgIpc) is 2.59. The molecule has 0 atom stereocenters. The Morgan fingerprint density at radius 3 is 2.46 bits per heavy atom. The van der Waals surface area contributed by atoms with E-state index in [0.717, 1.165) is 0 Å². The van der Waals surface area contributed by atoms with Crippen molar-refractivity contribution in [3.8, 4) is 17.6 Å². The normalized spacial score (nSPS) is 10.6. The van der Waals surface area contributed by atoms with Gasteiger partial charge < -0.3 is 9.47 Å². The summed E-state index contributed by atoms with van der Waals surface area (Å²) in [5.74, 6) is -0.210.